The number of rotatable bonds is 1. The van der Waals surface area contributed by atoms with Gasteiger partial charge >= 0.3 is 18.3 Å². The number of aromatic carboxylic acids is 1. The van der Waals surface area contributed by atoms with E-state index < -0.39 is 39.5 Å². The second-order valence-corrected chi connectivity index (χ2v) is 4.04. The summed E-state index contributed by atoms with van der Waals surface area (Å²) in [4.78, 5) is 10.5. The van der Waals surface area contributed by atoms with Crippen LogP contribution in [0.15, 0.2) is 16.6 Å². The van der Waals surface area contributed by atoms with Gasteiger partial charge in [0.1, 0.15) is 0 Å². The summed E-state index contributed by atoms with van der Waals surface area (Å²) >= 11 is 2.31. The Bertz CT molecular complexity index is 491. The first-order valence-electron chi connectivity index (χ1n) is 4.16. The molecule has 0 aromatic heterocycles. The third-order valence-corrected chi connectivity index (χ3v) is 2.55. The topological polar surface area (TPSA) is 37.3 Å². The van der Waals surface area contributed by atoms with Gasteiger partial charge in [-0.1, -0.05) is 15.9 Å². The fourth-order valence-electron chi connectivity index (χ4n) is 1.24. The van der Waals surface area contributed by atoms with Crippen LogP contribution in [0, 0.1) is 0 Å². The van der Waals surface area contributed by atoms with E-state index in [0.29, 0.717) is 6.07 Å². The summed E-state index contributed by atoms with van der Waals surface area (Å²) in [5.74, 6) is -1.75. The first-order chi connectivity index (χ1) is 7.94. The molecule has 0 aliphatic heterocycles. The van der Waals surface area contributed by atoms with Crippen molar-refractivity contribution < 1.29 is 36.2 Å². The first-order valence-corrected chi connectivity index (χ1v) is 4.95. The number of benzene rings is 1. The normalized spacial score (nSPS) is 12.6. The van der Waals surface area contributed by atoms with Crippen LogP contribution in [0.2, 0.25) is 0 Å². The lowest BCUT2D eigenvalue weighted by Gasteiger charge is -2.17. The number of hydrogen-bond acceptors (Lipinski definition) is 1. The van der Waals surface area contributed by atoms with Crippen LogP contribution in [0.3, 0.4) is 0 Å². The summed E-state index contributed by atoms with van der Waals surface area (Å²) in [5, 5.41) is 8.52. The third kappa shape index (κ3) is 2.95. The molecule has 0 aliphatic rings. The van der Waals surface area contributed by atoms with Crippen LogP contribution in [-0.2, 0) is 12.4 Å². The summed E-state index contributed by atoms with van der Waals surface area (Å²) in [6.07, 6.45) is -10.6. The molecule has 2 nitrogen and oxygen atoms in total. The van der Waals surface area contributed by atoms with Gasteiger partial charge in [0.25, 0.3) is 0 Å². The zero-order valence-electron chi connectivity index (χ0n) is 8.16. The Hall–Kier alpha value is -1.25. The van der Waals surface area contributed by atoms with Gasteiger partial charge < -0.3 is 5.11 Å². The van der Waals surface area contributed by atoms with Gasteiger partial charge in [0.15, 0.2) is 0 Å². The van der Waals surface area contributed by atoms with E-state index in [9.17, 15) is 31.1 Å². The van der Waals surface area contributed by atoms with Gasteiger partial charge in [-0.05, 0) is 12.1 Å². The zero-order chi connectivity index (χ0) is 14.3. The molecule has 0 unspecified atom stereocenters. The molecule has 0 bridgehead atoms. The number of carboxylic acids is 1. The van der Waals surface area contributed by atoms with Crippen LogP contribution in [0.4, 0.5) is 26.3 Å². The van der Waals surface area contributed by atoms with Crippen molar-refractivity contribution >= 4 is 21.9 Å². The van der Waals surface area contributed by atoms with Gasteiger partial charge in [-0.2, -0.15) is 26.3 Å². The molecule has 1 rings (SSSR count). The molecule has 0 saturated carbocycles. The minimum absolute atomic E-state index is 0.0457. The molecule has 0 aliphatic carbocycles. The number of alkyl halides is 6. The molecule has 0 heterocycles. The molecule has 0 spiro atoms. The van der Waals surface area contributed by atoms with E-state index in [1.54, 1.807) is 0 Å². The fourth-order valence-corrected chi connectivity index (χ4v) is 1.93. The maximum Gasteiger partial charge on any atom is 0.418 e. The van der Waals surface area contributed by atoms with E-state index in [0.717, 1.165) is 0 Å². The number of halogens is 7. The molecule has 0 atom stereocenters. The van der Waals surface area contributed by atoms with Gasteiger partial charge in [0.05, 0.1) is 16.7 Å². The molecule has 18 heavy (non-hydrogen) atoms. The number of carbonyl (C=O) groups is 1. The smallest absolute Gasteiger partial charge is 0.418 e. The third-order valence-electron chi connectivity index (χ3n) is 1.93. The van der Waals surface area contributed by atoms with Gasteiger partial charge in [-0.15, -0.1) is 0 Å². The van der Waals surface area contributed by atoms with E-state index in [1.165, 1.54) is 0 Å². The minimum atomic E-state index is -5.31. The molecule has 0 amide bonds. The number of carboxylic acid groups (broad SMARTS) is 1. The number of hydrogen-bond donors (Lipinski definition) is 1. The Balaban J connectivity index is 3.67. The van der Waals surface area contributed by atoms with E-state index in [4.69, 9.17) is 5.11 Å². The van der Waals surface area contributed by atoms with Crippen LogP contribution in [0.1, 0.15) is 21.5 Å². The highest BCUT2D eigenvalue weighted by Gasteiger charge is 2.45. The predicted octanol–water partition coefficient (Wildman–Crippen LogP) is 4.18. The molecular weight excluding hydrogens is 334 g/mol. The molecule has 100 valence electrons. The summed E-state index contributed by atoms with van der Waals surface area (Å²) in [6.45, 7) is 0. The molecule has 0 fully saturated rings. The first kappa shape index (κ1) is 14.8. The highest BCUT2D eigenvalue weighted by molar-refractivity contribution is 9.10. The Morgan fingerprint density at radius 1 is 1.06 bits per heavy atom. The largest absolute Gasteiger partial charge is 0.478 e. The quantitative estimate of drug-likeness (QED) is 0.781. The lowest BCUT2D eigenvalue weighted by atomic mass is 10.0. The maximum atomic E-state index is 12.5. The average molecular weight is 337 g/mol. The maximum absolute atomic E-state index is 12.5. The van der Waals surface area contributed by atoms with Crippen molar-refractivity contribution in [3.63, 3.8) is 0 Å². The molecule has 9 heteroatoms. The monoisotopic (exact) mass is 336 g/mol. The van der Waals surface area contributed by atoms with Gasteiger partial charge in [0.2, 0.25) is 0 Å². The Morgan fingerprint density at radius 2 is 1.56 bits per heavy atom. The SMILES string of the molecule is O=C(O)c1cc(Br)c(C(F)(F)F)c(C(F)(F)F)c1. The second kappa shape index (κ2) is 4.45. The summed E-state index contributed by atoms with van der Waals surface area (Å²) in [7, 11) is 0. The molecule has 1 aromatic carbocycles. The van der Waals surface area contributed by atoms with Crippen molar-refractivity contribution in [2.75, 3.05) is 0 Å². The van der Waals surface area contributed by atoms with Crippen LogP contribution < -0.4 is 0 Å². The molecule has 0 radical (unpaired) electrons. The van der Waals surface area contributed by atoms with Crippen LogP contribution in [0.5, 0.6) is 0 Å². The summed E-state index contributed by atoms with van der Waals surface area (Å²) in [6, 6.07) is 0.427. The Morgan fingerprint density at radius 3 is 1.89 bits per heavy atom. The molecule has 0 saturated heterocycles. The van der Waals surface area contributed by atoms with Crippen molar-refractivity contribution in [2.24, 2.45) is 0 Å². The van der Waals surface area contributed by atoms with Gasteiger partial charge in [-0.3, -0.25) is 0 Å². The van der Waals surface area contributed by atoms with Crippen LogP contribution >= 0.6 is 15.9 Å². The standard InChI is InChI=1S/C9H3BrF6O2/c10-5-2-3(7(17)18)1-4(8(11,12)13)6(5)9(14,15)16/h1-2H,(H,17,18). The lowest BCUT2D eigenvalue weighted by Crippen LogP contribution is -2.18. The van der Waals surface area contributed by atoms with E-state index in [1.807, 2.05) is 0 Å². The molecule has 1 aromatic rings. The van der Waals surface area contributed by atoms with Gasteiger partial charge in [-0.25, -0.2) is 4.79 Å². The molecule has 1 N–H and O–H groups in total. The van der Waals surface area contributed by atoms with E-state index in [2.05, 4.69) is 15.9 Å². The average Bonchev–Trinajstić information content (AvgIpc) is 2.12. The summed E-state index contributed by atoms with van der Waals surface area (Å²) in [5.41, 5.74) is -4.87. The highest BCUT2D eigenvalue weighted by Crippen LogP contribution is 2.44. The van der Waals surface area contributed by atoms with Gasteiger partial charge in [0, 0.05) is 4.47 Å². The van der Waals surface area contributed by atoms with Crippen molar-refractivity contribution in [2.45, 2.75) is 12.4 Å². The Labute approximate surface area is 104 Å². The second-order valence-electron chi connectivity index (χ2n) is 3.18. The lowest BCUT2D eigenvalue weighted by molar-refractivity contribution is -0.162. The van der Waals surface area contributed by atoms with Crippen molar-refractivity contribution in [1.82, 2.24) is 0 Å². The fraction of sp³-hybridized carbons (Fsp3) is 0.222. The van der Waals surface area contributed by atoms with Crippen molar-refractivity contribution in [3.8, 4) is 0 Å². The summed E-state index contributed by atoms with van der Waals surface area (Å²) < 4.78 is 74.0. The highest BCUT2D eigenvalue weighted by atomic mass is 79.9. The van der Waals surface area contributed by atoms with Crippen LogP contribution in [-0.4, -0.2) is 11.1 Å². The van der Waals surface area contributed by atoms with Crippen molar-refractivity contribution in [3.05, 3.63) is 33.3 Å². The minimum Gasteiger partial charge on any atom is -0.478 e. The van der Waals surface area contributed by atoms with E-state index >= 15 is 0 Å². The predicted molar refractivity (Wildman–Crippen MR) is 51.1 cm³/mol. The molecular formula is C9H3BrF6O2. The zero-order valence-corrected chi connectivity index (χ0v) is 9.74. The van der Waals surface area contributed by atoms with Crippen LogP contribution in [0.25, 0.3) is 0 Å². The Kier molecular flexibility index (Phi) is 3.66. The van der Waals surface area contributed by atoms with Crippen molar-refractivity contribution in [1.29, 1.82) is 0 Å². The van der Waals surface area contributed by atoms with E-state index in [-0.39, 0.29) is 6.07 Å².